The third kappa shape index (κ3) is 3.19. The molecule has 3 aromatic rings. The van der Waals surface area contributed by atoms with Crippen LogP contribution in [0.3, 0.4) is 0 Å². The summed E-state index contributed by atoms with van der Waals surface area (Å²) in [5.74, 6) is -0.664. The molecule has 0 radical (unpaired) electrons. The summed E-state index contributed by atoms with van der Waals surface area (Å²) >= 11 is 0. The van der Waals surface area contributed by atoms with E-state index >= 15 is 0 Å². The molecule has 0 saturated heterocycles. The van der Waals surface area contributed by atoms with E-state index in [4.69, 9.17) is 4.84 Å². The molecular formula is C19H14FN3O2. The fourth-order valence-corrected chi connectivity index (χ4v) is 2.72. The zero-order valence-electron chi connectivity index (χ0n) is 13.1. The van der Waals surface area contributed by atoms with Crippen LogP contribution in [-0.2, 0) is 9.63 Å². The van der Waals surface area contributed by atoms with Crippen molar-refractivity contribution in [1.29, 1.82) is 0 Å². The minimum absolute atomic E-state index is 0.288. The lowest BCUT2D eigenvalue weighted by Crippen LogP contribution is -2.28. The Balaban J connectivity index is 1.45. The van der Waals surface area contributed by atoms with E-state index < -0.39 is 6.10 Å². The summed E-state index contributed by atoms with van der Waals surface area (Å²) in [5.41, 5.74) is 2.61. The highest BCUT2D eigenvalue weighted by atomic mass is 19.1. The van der Waals surface area contributed by atoms with Crippen LogP contribution < -0.4 is 5.32 Å². The molecule has 124 valence electrons. The molecule has 1 N–H and O–H groups in total. The van der Waals surface area contributed by atoms with Crippen LogP contribution in [0.1, 0.15) is 12.0 Å². The second-order valence-electron chi connectivity index (χ2n) is 5.75. The van der Waals surface area contributed by atoms with Crippen molar-refractivity contribution in [2.75, 3.05) is 5.32 Å². The van der Waals surface area contributed by atoms with E-state index in [0.29, 0.717) is 17.0 Å². The number of nitrogens with zero attached hydrogens (tertiary/aromatic N) is 2. The molecule has 0 bridgehead atoms. The van der Waals surface area contributed by atoms with Gasteiger partial charge in [-0.1, -0.05) is 35.5 Å². The van der Waals surface area contributed by atoms with Gasteiger partial charge in [0, 0.05) is 17.4 Å². The zero-order valence-corrected chi connectivity index (χ0v) is 13.1. The van der Waals surface area contributed by atoms with Crippen molar-refractivity contribution < 1.29 is 14.0 Å². The van der Waals surface area contributed by atoms with E-state index in [1.165, 1.54) is 12.1 Å². The van der Waals surface area contributed by atoms with Crippen LogP contribution in [-0.4, -0.2) is 22.7 Å². The van der Waals surface area contributed by atoms with Crippen molar-refractivity contribution >= 4 is 28.2 Å². The average molecular weight is 335 g/mol. The van der Waals surface area contributed by atoms with E-state index in [1.807, 2.05) is 30.3 Å². The van der Waals surface area contributed by atoms with Crippen LogP contribution in [0.2, 0.25) is 0 Å². The number of anilines is 1. The number of halogens is 1. The Morgan fingerprint density at radius 3 is 2.92 bits per heavy atom. The number of nitrogens with one attached hydrogen (secondary N) is 1. The normalized spacial score (nSPS) is 16.4. The number of aromatic nitrogens is 1. The van der Waals surface area contributed by atoms with Gasteiger partial charge in [-0.3, -0.25) is 9.78 Å². The molecular weight excluding hydrogens is 321 g/mol. The maximum Gasteiger partial charge on any atom is 0.268 e. The van der Waals surface area contributed by atoms with Gasteiger partial charge >= 0.3 is 0 Å². The Hall–Kier alpha value is -3.28. The highest BCUT2D eigenvalue weighted by Crippen LogP contribution is 2.20. The van der Waals surface area contributed by atoms with Gasteiger partial charge in [0.25, 0.3) is 5.91 Å². The number of fused-ring (bicyclic) bond motifs is 1. The molecule has 0 fully saturated rings. The summed E-state index contributed by atoms with van der Waals surface area (Å²) in [6.07, 6.45) is 1.14. The Kier molecular flexibility index (Phi) is 3.85. The van der Waals surface area contributed by atoms with Gasteiger partial charge in [-0.05, 0) is 24.3 Å². The molecule has 2 aromatic carbocycles. The maximum absolute atomic E-state index is 13.3. The number of hydrogen-bond donors (Lipinski definition) is 1. The zero-order chi connectivity index (χ0) is 17.2. The molecule has 1 atom stereocenters. The van der Waals surface area contributed by atoms with Crippen molar-refractivity contribution in [3.63, 3.8) is 0 Å². The summed E-state index contributed by atoms with van der Waals surface area (Å²) in [7, 11) is 0. The van der Waals surface area contributed by atoms with E-state index in [-0.39, 0.29) is 18.1 Å². The largest absolute Gasteiger partial charge is 0.382 e. The number of amides is 1. The molecule has 25 heavy (non-hydrogen) atoms. The fourth-order valence-electron chi connectivity index (χ4n) is 2.72. The fraction of sp³-hybridized carbons (Fsp3) is 0.105. The highest BCUT2D eigenvalue weighted by Gasteiger charge is 2.29. The second-order valence-corrected chi connectivity index (χ2v) is 5.75. The third-order valence-corrected chi connectivity index (χ3v) is 3.98. The van der Waals surface area contributed by atoms with E-state index in [1.54, 1.807) is 18.3 Å². The van der Waals surface area contributed by atoms with Crippen molar-refractivity contribution in [3.05, 3.63) is 72.2 Å². The minimum atomic E-state index is -0.746. The lowest BCUT2D eigenvalue weighted by atomic mass is 10.0. The number of rotatable bonds is 3. The predicted molar refractivity (Wildman–Crippen MR) is 92.8 cm³/mol. The Morgan fingerprint density at radius 2 is 2.04 bits per heavy atom. The Labute approximate surface area is 143 Å². The summed E-state index contributed by atoms with van der Waals surface area (Å²) < 4.78 is 13.3. The number of carbonyl (C=O) groups excluding carboxylic acids is 1. The van der Waals surface area contributed by atoms with E-state index in [0.717, 1.165) is 10.9 Å². The molecule has 4 rings (SSSR count). The molecule has 1 aromatic heterocycles. The standard InChI is InChI=1S/C19H14FN3O2/c20-14-6-3-5-12(8-14)17-10-18(25-23-17)19(24)22-15-9-13-4-1-2-7-16(13)21-11-15/h1-9,11,18H,10H2,(H,22,24)/t18-/m1/s1. The van der Waals surface area contributed by atoms with E-state index in [9.17, 15) is 9.18 Å². The van der Waals surface area contributed by atoms with Crippen molar-refractivity contribution in [3.8, 4) is 0 Å². The Bertz CT molecular complexity index is 987. The number of carbonyl (C=O) groups is 1. The van der Waals surface area contributed by atoms with Crippen LogP contribution >= 0.6 is 0 Å². The number of hydrogen-bond acceptors (Lipinski definition) is 4. The lowest BCUT2D eigenvalue weighted by Gasteiger charge is -2.10. The molecule has 1 aliphatic rings. The van der Waals surface area contributed by atoms with Gasteiger partial charge in [0.05, 0.1) is 23.1 Å². The average Bonchev–Trinajstić information content (AvgIpc) is 3.12. The molecule has 0 aliphatic carbocycles. The van der Waals surface area contributed by atoms with Crippen molar-refractivity contribution in [2.24, 2.45) is 5.16 Å². The quantitative estimate of drug-likeness (QED) is 0.797. The van der Waals surface area contributed by atoms with E-state index in [2.05, 4.69) is 15.5 Å². The van der Waals surface area contributed by atoms with Crippen LogP contribution in [0, 0.1) is 5.82 Å². The van der Waals surface area contributed by atoms with Gasteiger partial charge in [0.1, 0.15) is 5.82 Å². The lowest BCUT2D eigenvalue weighted by molar-refractivity contribution is -0.125. The summed E-state index contributed by atoms with van der Waals surface area (Å²) in [5, 5.41) is 7.63. The van der Waals surface area contributed by atoms with Gasteiger partial charge in [-0.2, -0.15) is 0 Å². The number of pyridine rings is 1. The van der Waals surface area contributed by atoms with Crippen molar-refractivity contribution in [2.45, 2.75) is 12.5 Å². The minimum Gasteiger partial charge on any atom is -0.382 e. The van der Waals surface area contributed by atoms with Gasteiger partial charge in [0.2, 0.25) is 6.10 Å². The van der Waals surface area contributed by atoms with Crippen molar-refractivity contribution in [1.82, 2.24) is 4.98 Å². The molecule has 0 spiro atoms. The monoisotopic (exact) mass is 335 g/mol. The van der Waals surface area contributed by atoms with Crippen LogP contribution in [0.4, 0.5) is 10.1 Å². The SMILES string of the molecule is O=C(Nc1cnc2ccccc2c1)[C@H]1CC(c2cccc(F)c2)=NO1. The Morgan fingerprint density at radius 1 is 1.16 bits per heavy atom. The van der Waals surface area contributed by atoms with Crippen LogP contribution in [0.25, 0.3) is 10.9 Å². The van der Waals surface area contributed by atoms with Gasteiger partial charge < -0.3 is 10.2 Å². The summed E-state index contributed by atoms with van der Waals surface area (Å²) in [4.78, 5) is 21.9. The van der Waals surface area contributed by atoms with Gasteiger partial charge in [-0.15, -0.1) is 0 Å². The predicted octanol–water partition coefficient (Wildman–Crippen LogP) is 3.51. The molecule has 2 heterocycles. The van der Waals surface area contributed by atoms with Crippen LogP contribution in [0.5, 0.6) is 0 Å². The molecule has 1 amide bonds. The second kappa shape index (κ2) is 6.32. The highest BCUT2D eigenvalue weighted by molar-refractivity contribution is 6.06. The molecule has 5 nitrogen and oxygen atoms in total. The molecule has 6 heteroatoms. The topological polar surface area (TPSA) is 63.6 Å². The van der Waals surface area contributed by atoms with Gasteiger partial charge in [0.15, 0.2) is 0 Å². The number of para-hydroxylation sites is 1. The first-order chi connectivity index (χ1) is 12.2. The third-order valence-electron chi connectivity index (χ3n) is 3.98. The first kappa shape index (κ1) is 15.3. The molecule has 0 saturated carbocycles. The van der Waals surface area contributed by atoms with Crippen LogP contribution in [0.15, 0.2) is 65.9 Å². The summed E-state index contributed by atoms with van der Waals surface area (Å²) in [6, 6.07) is 15.6. The smallest absolute Gasteiger partial charge is 0.268 e. The molecule has 0 unspecified atom stereocenters. The molecule has 1 aliphatic heterocycles. The first-order valence-corrected chi connectivity index (χ1v) is 7.83. The summed E-state index contributed by atoms with van der Waals surface area (Å²) in [6.45, 7) is 0. The number of oxime groups is 1. The first-order valence-electron chi connectivity index (χ1n) is 7.83. The number of benzene rings is 2. The maximum atomic E-state index is 13.3. The van der Waals surface area contributed by atoms with Gasteiger partial charge in [-0.25, -0.2) is 4.39 Å².